The fourth-order valence-corrected chi connectivity index (χ4v) is 1.86. The maximum Gasteiger partial charge on any atom is 0.119 e. The van der Waals surface area contributed by atoms with Gasteiger partial charge in [-0.05, 0) is 30.2 Å². The Kier molecular flexibility index (Phi) is 3.63. The Morgan fingerprint density at radius 3 is 3.12 bits per heavy atom. The van der Waals surface area contributed by atoms with Crippen molar-refractivity contribution in [2.24, 2.45) is 0 Å². The predicted octanol–water partition coefficient (Wildman–Crippen LogP) is 1.83. The van der Waals surface area contributed by atoms with E-state index in [4.69, 9.17) is 10.00 Å². The number of nitriles is 1. The standard InChI is InChI=1S/C13H15N3O/c1-17-11-2-3-13-12(8-11)10(9-16-13)4-6-15-7-5-14/h2-3,8-9,15-16H,4,6-7H2,1H3. The number of nitrogens with one attached hydrogen (secondary N) is 2. The maximum absolute atomic E-state index is 8.43. The van der Waals surface area contributed by atoms with E-state index in [9.17, 15) is 0 Å². The maximum atomic E-state index is 8.43. The van der Waals surface area contributed by atoms with Gasteiger partial charge in [-0.2, -0.15) is 5.26 Å². The highest BCUT2D eigenvalue weighted by Gasteiger charge is 2.04. The summed E-state index contributed by atoms with van der Waals surface area (Å²) in [6, 6.07) is 8.05. The number of aromatic nitrogens is 1. The molecule has 0 aliphatic heterocycles. The predicted molar refractivity (Wildman–Crippen MR) is 67.0 cm³/mol. The van der Waals surface area contributed by atoms with Crippen LogP contribution >= 0.6 is 0 Å². The van der Waals surface area contributed by atoms with Crippen molar-refractivity contribution < 1.29 is 4.74 Å². The molecule has 0 atom stereocenters. The van der Waals surface area contributed by atoms with E-state index in [1.807, 2.05) is 24.4 Å². The van der Waals surface area contributed by atoms with Crippen LogP contribution in [-0.2, 0) is 6.42 Å². The van der Waals surface area contributed by atoms with Gasteiger partial charge in [-0.3, -0.25) is 0 Å². The van der Waals surface area contributed by atoms with Crippen LogP contribution in [0.2, 0.25) is 0 Å². The van der Waals surface area contributed by atoms with Crippen LogP contribution in [0.5, 0.6) is 5.75 Å². The molecular formula is C13H15N3O. The van der Waals surface area contributed by atoms with Crippen molar-refractivity contribution in [3.8, 4) is 11.8 Å². The smallest absolute Gasteiger partial charge is 0.119 e. The molecule has 2 N–H and O–H groups in total. The fourth-order valence-electron chi connectivity index (χ4n) is 1.86. The quantitative estimate of drug-likeness (QED) is 0.607. The zero-order chi connectivity index (χ0) is 12.1. The van der Waals surface area contributed by atoms with Crippen LogP contribution in [0, 0.1) is 11.3 Å². The molecule has 0 radical (unpaired) electrons. The molecule has 0 bridgehead atoms. The van der Waals surface area contributed by atoms with E-state index in [1.165, 1.54) is 10.9 Å². The number of aromatic amines is 1. The summed E-state index contributed by atoms with van der Waals surface area (Å²) in [6.07, 6.45) is 2.91. The van der Waals surface area contributed by atoms with Gasteiger partial charge in [0.1, 0.15) is 5.75 Å². The highest BCUT2D eigenvalue weighted by atomic mass is 16.5. The van der Waals surface area contributed by atoms with E-state index in [-0.39, 0.29) is 0 Å². The summed E-state index contributed by atoms with van der Waals surface area (Å²) in [4.78, 5) is 3.23. The second-order valence-corrected chi connectivity index (χ2v) is 3.81. The minimum atomic E-state index is 0.395. The number of fused-ring (bicyclic) bond motifs is 1. The van der Waals surface area contributed by atoms with Gasteiger partial charge >= 0.3 is 0 Å². The number of benzene rings is 1. The zero-order valence-electron chi connectivity index (χ0n) is 9.79. The number of nitrogens with zero attached hydrogens (tertiary/aromatic N) is 1. The van der Waals surface area contributed by atoms with Crippen LogP contribution in [0.4, 0.5) is 0 Å². The van der Waals surface area contributed by atoms with Gasteiger partial charge in [-0.15, -0.1) is 0 Å². The first-order valence-electron chi connectivity index (χ1n) is 5.57. The van der Waals surface area contributed by atoms with Gasteiger partial charge in [0.15, 0.2) is 0 Å². The third-order valence-corrected chi connectivity index (χ3v) is 2.75. The molecule has 2 aromatic rings. The van der Waals surface area contributed by atoms with Crippen LogP contribution in [-0.4, -0.2) is 25.2 Å². The molecule has 0 saturated heterocycles. The van der Waals surface area contributed by atoms with E-state index in [0.29, 0.717) is 6.54 Å². The average Bonchev–Trinajstić information content (AvgIpc) is 2.77. The molecule has 0 aliphatic rings. The highest BCUT2D eigenvalue weighted by Crippen LogP contribution is 2.23. The second-order valence-electron chi connectivity index (χ2n) is 3.81. The molecule has 0 spiro atoms. The van der Waals surface area contributed by atoms with Crippen molar-refractivity contribution in [2.75, 3.05) is 20.2 Å². The minimum Gasteiger partial charge on any atom is -0.497 e. The summed E-state index contributed by atoms with van der Waals surface area (Å²) in [5.41, 5.74) is 2.35. The van der Waals surface area contributed by atoms with E-state index < -0.39 is 0 Å². The molecule has 0 aliphatic carbocycles. The molecule has 1 aromatic heterocycles. The van der Waals surface area contributed by atoms with Gasteiger partial charge in [-0.1, -0.05) is 0 Å². The lowest BCUT2D eigenvalue weighted by Crippen LogP contribution is -2.16. The van der Waals surface area contributed by atoms with Gasteiger partial charge in [0.2, 0.25) is 0 Å². The first-order chi connectivity index (χ1) is 8.35. The Morgan fingerprint density at radius 2 is 2.35 bits per heavy atom. The van der Waals surface area contributed by atoms with Crippen molar-refractivity contribution in [1.82, 2.24) is 10.3 Å². The first kappa shape index (κ1) is 11.5. The summed E-state index contributed by atoms with van der Waals surface area (Å²) >= 11 is 0. The van der Waals surface area contributed by atoms with Crippen molar-refractivity contribution in [2.45, 2.75) is 6.42 Å². The summed E-state index contributed by atoms with van der Waals surface area (Å²) < 4.78 is 5.22. The highest BCUT2D eigenvalue weighted by molar-refractivity contribution is 5.84. The molecule has 2 rings (SSSR count). The molecule has 88 valence electrons. The lowest BCUT2D eigenvalue weighted by Gasteiger charge is -2.02. The molecule has 0 unspecified atom stereocenters. The number of hydrogen-bond donors (Lipinski definition) is 2. The van der Waals surface area contributed by atoms with Crippen molar-refractivity contribution >= 4 is 10.9 Å². The van der Waals surface area contributed by atoms with E-state index in [0.717, 1.165) is 24.2 Å². The van der Waals surface area contributed by atoms with Gasteiger partial charge < -0.3 is 15.0 Å². The SMILES string of the molecule is COc1ccc2[nH]cc(CCNCC#N)c2c1. The number of ether oxygens (including phenoxy) is 1. The Bertz CT molecular complexity index is 539. The first-order valence-corrected chi connectivity index (χ1v) is 5.57. The van der Waals surface area contributed by atoms with Crippen molar-refractivity contribution in [1.29, 1.82) is 5.26 Å². The molecule has 1 heterocycles. The topological polar surface area (TPSA) is 60.8 Å². The number of hydrogen-bond acceptors (Lipinski definition) is 3. The summed E-state index contributed by atoms with van der Waals surface area (Å²) in [5, 5.41) is 12.7. The van der Waals surface area contributed by atoms with E-state index >= 15 is 0 Å². The summed E-state index contributed by atoms with van der Waals surface area (Å²) in [5.74, 6) is 0.864. The molecular weight excluding hydrogens is 214 g/mol. The van der Waals surface area contributed by atoms with E-state index in [1.54, 1.807) is 7.11 Å². The number of methoxy groups -OCH3 is 1. The van der Waals surface area contributed by atoms with Crippen LogP contribution in [0.15, 0.2) is 24.4 Å². The second kappa shape index (κ2) is 5.37. The molecule has 4 heteroatoms. The fraction of sp³-hybridized carbons (Fsp3) is 0.308. The third kappa shape index (κ3) is 2.58. The van der Waals surface area contributed by atoms with Crippen LogP contribution in [0.25, 0.3) is 10.9 Å². The molecule has 17 heavy (non-hydrogen) atoms. The Balaban J connectivity index is 2.14. The lowest BCUT2D eigenvalue weighted by atomic mass is 10.1. The molecule has 1 aromatic carbocycles. The normalized spacial score (nSPS) is 10.4. The molecule has 4 nitrogen and oxygen atoms in total. The lowest BCUT2D eigenvalue weighted by molar-refractivity contribution is 0.415. The molecule has 0 saturated carbocycles. The molecule has 0 fully saturated rings. The third-order valence-electron chi connectivity index (χ3n) is 2.75. The van der Waals surface area contributed by atoms with Gasteiger partial charge in [-0.25, -0.2) is 0 Å². The van der Waals surface area contributed by atoms with Crippen LogP contribution < -0.4 is 10.1 Å². The number of H-pyrrole nitrogens is 1. The largest absolute Gasteiger partial charge is 0.497 e. The minimum absolute atomic E-state index is 0.395. The Morgan fingerprint density at radius 1 is 1.47 bits per heavy atom. The van der Waals surface area contributed by atoms with Crippen LogP contribution in [0.1, 0.15) is 5.56 Å². The zero-order valence-corrected chi connectivity index (χ0v) is 9.79. The van der Waals surface area contributed by atoms with Crippen molar-refractivity contribution in [3.05, 3.63) is 30.0 Å². The summed E-state index contributed by atoms with van der Waals surface area (Å²) in [7, 11) is 1.67. The monoisotopic (exact) mass is 229 g/mol. The van der Waals surface area contributed by atoms with Crippen molar-refractivity contribution in [3.63, 3.8) is 0 Å². The van der Waals surface area contributed by atoms with Gasteiger partial charge in [0, 0.05) is 23.6 Å². The van der Waals surface area contributed by atoms with Gasteiger partial charge in [0.05, 0.1) is 19.7 Å². The molecule has 0 amide bonds. The summed E-state index contributed by atoms with van der Waals surface area (Å²) in [6.45, 7) is 1.20. The van der Waals surface area contributed by atoms with Crippen LogP contribution in [0.3, 0.4) is 0 Å². The number of rotatable bonds is 5. The van der Waals surface area contributed by atoms with E-state index in [2.05, 4.69) is 16.4 Å². The Labute approximate surface area is 100 Å². The van der Waals surface area contributed by atoms with Gasteiger partial charge in [0.25, 0.3) is 0 Å². The Hall–Kier alpha value is -1.99. The average molecular weight is 229 g/mol.